The molecule has 0 aliphatic carbocycles. The molecule has 152 valence electrons. The van der Waals surface area contributed by atoms with Crippen LogP contribution < -0.4 is 16.2 Å². The van der Waals surface area contributed by atoms with Crippen LogP contribution in [0.3, 0.4) is 0 Å². The van der Waals surface area contributed by atoms with E-state index in [9.17, 15) is 17.6 Å². The van der Waals surface area contributed by atoms with Crippen LogP contribution in [0.25, 0.3) is 5.69 Å². The van der Waals surface area contributed by atoms with Crippen molar-refractivity contribution in [2.24, 2.45) is 0 Å². The third-order valence-corrected chi connectivity index (χ3v) is 7.21. The molecule has 0 spiro atoms. The van der Waals surface area contributed by atoms with Crippen LogP contribution in [-0.4, -0.2) is 9.55 Å². The van der Waals surface area contributed by atoms with Crippen LogP contribution in [0, 0.1) is 37.1 Å². The molecule has 3 aromatic carbocycles. The van der Waals surface area contributed by atoms with E-state index >= 15 is 0 Å². The molecule has 0 aliphatic rings. The van der Waals surface area contributed by atoms with Crippen molar-refractivity contribution in [3.8, 4) is 5.69 Å². The number of hydrogen-bond acceptors (Lipinski definition) is 1. The fourth-order valence-corrected chi connectivity index (χ4v) is 5.70. The Bertz CT molecular complexity index is 1170. The third kappa shape index (κ3) is 3.41. The van der Waals surface area contributed by atoms with Crippen LogP contribution in [0.15, 0.2) is 66.7 Å². The maximum atomic E-state index is 14.7. The number of hydrogen-bond donors (Lipinski definition) is 0. The molecule has 0 N–H and O–H groups in total. The van der Waals surface area contributed by atoms with Crippen LogP contribution >= 0.6 is 7.92 Å². The summed E-state index contributed by atoms with van der Waals surface area (Å²) in [5.74, 6) is -6.58. The number of halogens is 4. The molecule has 0 unspecified atom stereocenters. The van der Waals surface area contributed by atoms with E-state index in [1.165, 1.54) is 4.57 Å². The smallest absolute Gasteiger partial charge is 0.199 e. The molecule has 0 bridgehead atoms. The molecule has 4 aromatic rings. The van der Waals surface area contributed by atoms with Gasteiger partial charge in [0.2, 0.25) is 0 Å². The molecule has 0 amide bonds. The zero-order valence-electron chi connectivity index (χ0n) is 16.2. The lowest BCUT2D eigenvalue weighted by atomic mass is 10.2. The lowest BCUT2D eigenvalue weighted by molar-refractivity contribution is 0.407. The molecular formula is C23H17F4N2P. The number of rotatable bonds is 4. The maximum absolute atomic E-state index is 14.7. The predicted octanol–water partition coefficient (Wildman–Crippen LogP) is 4.80. The summed E-state index contributed by atoms with van der Waals surface area (Å²) in [5, 5.41) is 1.88. The first-order valence-electron chi connectivity index (χ1n) is 9.19. The molecule has 7 heteroatoms. The highest BCUT2D eigenvalue weighted by molar-refractivity contribution is 7.79. The van der Waals surface area contributed by atoms with Crippen LogP contribution in [0.2, 0.25) is 0 Å². The zero-order valence-corrected chi connectivity index (χ0v) is 17.1. The summed E-state index contributed by atoms with van der Waals surface area (Å²) in [6.07, 6.45) is 0. The molecule has 1 heterocycles. The topological polar surface area (TPSA) is 17.8 Å². The molecule has 0 fully saturated rings. The highest BCUT2D eigenvalue weighted by atomic mass is 31.1. The van der Waals surface area contributed by atoms with Crippen molar-refractivity contribution in [2.75, 3.05) is 0 Å². The Morgan fingerprint density at radius 2 is 1.27 bits per heavy atom. The fraction of sp³-hybridized carbons (Fsp3) is 0.0870. The highest BCUT2D eigenvalue weighted by Crippen LogP contribution is 2.35. The quantitative estimate of drug-likeness (QED) is 0.198. The van der Waals surface area contributed by atoms with Gasteiger partial charge < -0.3 is 0 Å². The largest absolute Gasteiger partial charge is 0.293 e. The number of benzene rings is 3. The van der Waals surface area contributed by atoms with Gasteiger partial charge in [0.05, 0.1) is 11.4 Å². The van der Waals surface area contributed by atoms with Crippen molar-refractivity contribution >= 4 is 24.1 Å². The minimum atomic E-state index is -1.84. The first-order chi connectivity index (χ1) is 14.4. The Hall–Kier alpha value is -2.98. The van der Waals surface area contributed by atoms with Crippen LogP contribution in [0.5, 0.6) is 0 Å². The third-order valence-electron chi connectivity index (χ3n) is 4.88. The van der Waals surface area contributed by atoms with E-state index in [0.29, 0.717) is 23.0 Å². The van der Waals surface area contributed by atoms with E-state index in [0.717, 1.165) is 10.6 Å². The molecule has 1 aromatic heterocycles. The summed E-state index contributed by atoms with van der Waals surface area (Å²) in [6, 6.07) is 19.7. The van der Waals surface area contributed by atoms with Gasteiger partial charge >= 0.3 is 0 Å². The van der Waals surface area contributed by atoms with Crippen LogP contribution in [-0.2, 0) is 0 Å². The first-order valence-corrected chi connectivity index (χ1v) is 10.5. The molecule has 0 saturated carbocycles. The highest BCUT2D eigenvalue weighted by Gasteiger charge is 2.28. The number of nitrogens with zero attached hydrogens (tertiary/aromatic N) is 2. The van der Waals surface area contributed by atoms with Gasteiger partial charge in [0.1, 0.15) is 5.57 Å². The Morgan fingerprint density at radius 3 is 1.80 bits per heavy atom. The molecule has 0 atom stereocenters. The van der Waals surface area contributed by atoms with Gasteiger partial charge in [-0.2, -0.15) is 0 Å². The van der Waals surface area contributed by atoms with E-state index < -0.39 is 36.9 Å². The summed E-state index contributed by atoms with van der Waals surface area (Å²) in [5.41, 5.74) is 1.16. The van der Waals surface area contributed by atoms with Gasteiger partial charge in [0, 0.05) is 19.7 Å². The van der Waals surface area contributed by atoms with Crippen molar-refractivity contribution in [3.63, 3.8) is 0 Å². The SMILES string of the molecule is Cc1nc(P(c2ccccc2)c2ccccc2)n(-c2cc(F)c(F)c(F)c2F)c1C. The monoisotopic (exact) mass is 428 g/mol. The van der Waals surface area contributed by atoms with Crippen molar-refractivity contribution in [3.05, 3.63) is 101 Å². The molecule has 0 aliphatic heterocycles. The zero-order chi connectivity index (χ0) is 21.4. The van der Waals surface area contributed by atoms with Crippen molar-refractivity contribution in [1.29, 1.82) is 0 Å². The summed E-state index contributed by atoms with van der Waals surface area (Å²) in [4.78, 5) is 4.65. The van der Waals surface area contributed by atoms with Gasteiger partial charge in [-0.05, 0) is 24.5 Å². The summed E-state index contributed by atoms with van der Waals surface area (Å²) in [6.45, 7) is 3.43. The maximum Gasteiger partial charge on any atom is 0.199 e. The standard InChI is InChI=1S/C23H17F4N2P/c1-14-15(2)29(19-13-18(24)20(25)22(27)21(19)26)23(28-14)30(16-9-5-3-6-10-16)17-11-7-4-8-12-17/h3-13H,1-2H3. The van der Waals surface area contributed by atoms with Crippen molar-refractivity contribution < 1.29 is 17.6 Å². The minimum absolute atomic E-state index is 0.404. The molecule has 2 nitrogen and oxygen atoms in total. The second kappa shape index (κ2) is 8.04. The van der Waals surface area contributed by atoms with Crippen molar-refractivity contribution in [1.82, 2.24) is 9.55 Å². The number of imidazole rings is 1. The lowest BCUT2D eigenvalue weighted by Gasteiger charge is -2.21. The van der Waals surface area contributed by atoms with Gasteiger partial charge in [-0.15, -0.1) is 0 Å². The average Bonchev–Trinajstić information content (AvgIpc) is 3.05. The average molecular weight is 428 g/mol. The van der Waals surface area contributed by atoms with E-state index in [4.69, 9.17) is 0 Å². The van der Waals surface area contributed by atoms with Crippen LogP contribution in [0.4, 0.5) is 17.6 Å². The summed E-state index contributed by atoms with van der Waals surface area (Å²) in [7, 11) is -1.28. The Labute approximate surface area is 172 Å². The summed E-state index contributed by atoms with van der Waals surface area (Å²) < 4.78 is 57.8. The number of aryl methyl sites for hydroxylation is 1. The molecule has 0 radical (unpaired) electrons. The Morgan fingerprint density at radius 1 is 0.733 bits per heavy atom. The van der Waals surface area contributed by atoms with E-state index in [1.54, 1.807) is 13.8 Å². The fourth-order valence-electron chi connectivity index (χ4n) is 3.29. The number of aromatic nitrogens is 2. The summed E-state index contributed by atoms with van der Waals surface area (Å²) >= 11 is 0. The molecular weight excluding hydrogens is 411 g/mol. The van der Waals surface area contributed by atoms with Crippen molar-refractivity contribution in [2.45, 2.75) is 13.8 Å². The van der Waals surface area contributed by atoms with E-state index in [-0.39, 0.29) is 0 Å². The van der Waals surface area contributed by atoms with E-state index in [1.807, 2.05) is 60.7 Å². The Kier molecular flexibility index (Phi) is 5.44. The normalized spacial score (nSPS) is 11.3. The van der Waals surface area contributed by atoms with Gasteiger partial charge in [0.25, 0.3) is 0 Å². The predicted molar refractivity (Wildman–Crippen MR) is 112 cm³/mol. The van der Waals surface area contributed by atoms with Gasteiger partial charge in [0.15, 0.2) is 23.3 Å². The lowest BCUT2D eigenvalue weighted by Crippen LogP contribution is -2.28. The second-order valence-electron chi connectivity index (χ2n) is 6.74. The van der Waals surface area contributed by atoms with E-state index in [2.05, 4.69) is 4.98 Å². The Balaban J connectivity index is 2.04. The molecule has 0 saturated heterocycles. The second-order valence-corrected chi connectivity index (χ2v) is 8.85. The minimum Gasteiger partial charge on any atom is -0.293 e. The molecule has 30 heavy (non-hydrogen) atoms. The molecule has 4 rings (SSSR count). The van der Waals surface area contributed by atoms with Crippen LogP contribution in [0.1, 0.15) is 11.4 Å². The first kappa shape index (κ1) is 20.3. The van der Waals surface area contributed by atoms with Gasteiger partial charge in [-0.25, -0.2) is 22.5 Å². The van der Waals surface area contributed by atoms with Gasteiger partial charge in [-0.1, -0.05) is 60.7 Å². The van der Waals surface area contributed by atoms with Gasteiger partial charge in [-0.3, -0.25) is 4.57 Å².